The van der Waals surface area contributed by atoms with E-state index >= 15 is 0 Å². The van der Waals surface area contributed by atoms with Crippen molar-refractivity contribution in [2.24, 2.45) is 4.99 Å². The number of methoxy groups -OCH3 is 4. The molecule has 0 heterocycles. The molecule has 5 heteroatoms. The number of nitrogens with zero attached hydrogens (tertiary/aromatic N) is 1. The summed E-state index contributed by atoms with van der Waals surface area (Å²) in [6.45, 7) is 0.408. The molecule has 5 nitrogen and oxygen atoms in total. The van der Waals surface area contributed by atoms with Gasteiger partial charge in [0.25, 0.3) is 0 Å². The monoisotopic (exact) mass is 303 g/mol. The second kappa shape index (κ2) is 7.77. The molecular formula is C17H21NO4. The lowest BCUT2D eigenvalue weighted by Gasteiger charge is -2.13. The zero-order chi connectivity index (χ0) is 15.9. The van der Waals surface area contributed by atoms with E-state index in [0.717, 1.165) is 27.8 Å². The van der Waals surface area contributed by atoms with E-state index < -0.39 is 0 Å². The fourth-order valence-corrected chi connectivity index (χ4v) is 2.31. The van der Waals surface area contributed by atoms with Crippen molar-refractivity contribution < 1.29 is 18.9 Å². The van der Waals surface area contributed by atoms with Crippen LogP contribution in [0.5, 0.6) is 11.5 Å². The van der Waals surface area contributed by atoms with Crippen molar-refractivity contribution in [2.45, 2.75) is 6.29 Å². The third-order valence-corrected chi connectivity index (χ3v) is 3.42. The van der Waals surface area contributed by atoms with Gasteiger partial charge in [-0.15, -0.1) is 0 Å². The normalized spacial score (nSPS) is 11.5. The standard InChI is InChI=1S/C17H21NO4/c1-19-15-9-12(10-18-11-16(20-2)21-3)17(22-4)14-8-6-5-7-13(14)15/h5-10,16H,11H2,1-4H3. The molecule has 0 atom stereocenters. The molecule has 0 spiro atoms. The number of hydrogen-bond acceptors (Lipinski definition) is 5. The van der Waals surface area contributed by atoms with Gasteiger partial charge in [-0.1, -0.05) is 24.3 Å². The lowest BCUT2D eigenvalue weighted by molar-refractivity contribution is -0.0936. The molecule has 0 aliphatic carbocycles. The predicted octanol–water partition coefficient (Wildman–Crippen LogP) is 2.89. The van der Waals surface area contributed by atoms with Crippen LogP contribution in [0.15, 0.2) is 35.3 Å². The van der Waals surface area contributed by atoms with Gasteiger partial charge >= 0.3 is 0 Å². The smallest absolute Gasteiger partial charge is 0.176 e. The van der Waals surface area contributed by atoms with Gasteiger partial charge in [0.2, 0.25) is 0 Å². The number of fused-ring (bicyclic) bond motifs is 1. The van der Waals surface area contributed by atoms with Crippen molar-refractivity contribution in [3.63, 3.8) is 0 Å². The van der Waals surface area contributed by atoms with Crippen LogP contribution in [0.2, 0.25) is 0 Å². The van der Waals surface area contributed by atoms with Crippen LogP contribution in [0.3, 0.4) is 0 Å². The first-order chi connectivity index (χ1) is 10.7. The summed E-state index contributed by atoms with van der Waals surface area (Å²) in [6.07, 6.45) is 1.39. The Morgan fingerprint density at radius 1 is 1.00 bits per heavy atom. The van der Waals surface area contributed by atoms with Crippen LogP contribution in [0.4, 0.5) is 0 Å². The van der Waals surface area contributed by atoms with E-state index in [1.807, 2.05) is 30.3 Å². The summed E-state index contributed by atoms with van der Waals surface area (Å²) in [6, 6.07) is 9.86. The highest BCUT2D eigenvalue weighted by Crippen LogP contribution is 2.35. The minimum atomic E-state index is -0.357. The van der Waals surface area contributed by atoms with Gasteiger partial charge in [-0.05, 0) is 6.07 Å². The first-order valence-electron chi connectivity index (χ1n) is 6.94. The molecule has 0 saturated heterocycles. The summed E-state index contributed by atoms with van der Waals surface area (Å²) < 4.78 is 21.3. The average molecular weight is 303 g/mol. The van der Waals surface area contributed by atoms with Crippen LogP contribution in [-0.2, 0) is 9.47 Å². The predicted molar refractivity (Wildman–Crippen MR) is 87.3 cm³/mol. The topological polar surface area (TPSA) is 49.3 Å². The van der Waals surface area contributed by atoms with Crippen LogP contribution >= 0.6 is 0 Å². The van der Waals surface area contributed by atoms with Crippen LogP contribution in [0.1, 0.15) is 5.56 Å². The van der Waals surface area contributed by atoms with Crippen molar-refractivity contribution in [3.8, 4) is 11.5 Å². The van der Waals surface area contributed by atoms with Gasteiger partial charge in [0.1, 0.15) is 11.5 Å². The highest BCUT2D eigenvalue weighted by Gasteiger charge is 2.12. The maximum atomic E-state index is 5.56. The summed E-state index contributed by atoms with van der Waals surface area (Å²) in [5.41, 5.74) is 0.851. The summed E-state index contributed by atoms with van der Waals surface area (Å²) in [4.78, 5) is 4.36. The van der Waals surface area contributed by atoms with Gasteiger partial charge in [-0.2, -0.15) is 0 Å². The molecule has 0 fully saturated rings. The van der Waals surface area contributed by atoms with Crippen molar-refractivity contribution in [3.05, 3.63) is 35.9 Å². The molecular weight excluding hydrogens is 282 g/mol. The average Bonchev–Trinajstić information content (AvgIpc) is 2.57. The van der Waals surface area contributed by atoms with Crippen molar-refractivity contribution in [1.82, 2.24) is 0 Å². The Morgan fingerprint density at radius 2 is 1.68 bits per heavy atom. The molecule has 0 radical (unpaired) electrons. The van der Waals surface area contributed by atoms with Crippen molar-refractivity contribution >= 4 is 17.0 Å². The fourth-order valence-electron chi connectivity index (χ4n) is 2.31. The van der Waals surface area contributed by atoms with Gasteiger partial charge in [-0.25, -0.2) is 0 Å². The SMILES string of the molecule is COc1cc(C=NCC(OC)OC)c(OC)c2ccccc12. The molecule has 2 rings (SSSR count). The Bertz CT molecular complexity index is 650. The Labute approximate surface area is 130 Å². The third-order valence-electron chi connectivity index (χ3n) is 3.42. The molecule has 0 N–H and O–H groups in total. The molecule has 0 bridgehead atoms. The number of ether oxygens (including phenoxy) is 4. The Hall–Kier alpha value is -2.11. The number of hydrogen-bond donors (Lipinski definition) is 0. The van der Waals surface area contributed by atoms with E-state index in [-0.39, 0.29) is 6.29 Å². The first-order valence-corrected chi connectivity index (χ1v) is 6.94. The zero-order valence-electron chi connectivity index (χ0n) is 13.3. The van der Waals surface area contributed by atoms with Gasteiger partial charge in [0, 0.05) is 36.8 Å². The Morgan fingerprint density at radius 3 is 2.27 bits per heavy atom. The molecule has 118 valence electrons. The van der Waals surface area contributed by atoms with Gasteiger partial charge in [-0.3, -0.25) is 4.99 Å². The van der Waals surface area contributed by atoms with E-state index in [2.05, 4.69) is 4.99 Å². The van der Waals surface area contributed by atoms with Crippen molar-refractivity contribution in [2.75, 3.05) is 35.0 Å². The van der Waals surface area contributed by atoms with Crippen LogP contribution in [0.25, 0.3) is 10.8 Å². The molecule has 0 saturated carbocycles. The molecule has 0 aromatic heterocycles. The Balaban J connectivity index is 2.42. The molecule has 0 amide bonds. The highest BCUT2D eigenvalue weighted by molar-refractivity contribution is 6.00. The van der Waals surface area contributed by atoms with E-state index in [9.17, 15) is 0 Å². The highest BCUT2D eigenvalue weighted by atomic mass is 16.7. The first kappa shape index (κ1) is 16.3. The minimum Gasteiger partial charge on any atom is -0.496 e. The fraction of sp³-hybridized carbons (Fsp3) is 0.353. The molecule has 2 aromatic carbocycles. The second-order valence-corrected chi connectivity index (χ2v) is 4.64. The minimum absolute atomic E-state index is 0.357. The Kier molecular flexibility index (Phi) is 5.75. The van der Waals surface area contributed by atoms with Gasteiger partial charge in [0.05, 0.1) is 20.8 Å². The third kappa shape index (κ3) is 3.37. The number of rotatable bonds is 7. The second-order valence-electron chi connectivity index (χ2n) is 4.64. The lowest BCUT2D eigenvalue weighted by atomic mass is 10.0. The van der Waals surface area contributed by atoms with E-state index in [1.165, 1.54) is 0 Å². The molecule has 22 heavy (non-hydrogen) atoms. The summed E-state index contributed by atoms with van der Waals surface area (Å²) in [5, 5.41) is 1.99. The summed E-state index contributed by atoms with van der Waals surface area (Å²) in [7, 11) is 6.48. The molecule has 0 aliphatic heterocycles. The summed E-state index contributed by atoms with van der Waals surface area (Å²) in [5.74, 6) is 1.56. The van der Waals surface area contributed by atoms with Crippen molar-refractivity contribution in [1.29, 1.82) is 0 Å². The molecule has 0 aliphatic rings. The van der Waals surface area contributed by atoms with Crippen LogP contribution in [-0.4, -0.2) is 47.5 Å². The maximum absolute atomic E-state index is 5.56. The van der Waals surface area contributed by atoms with Crippen LogP contribution in [0, 0.1) is 0 Å². The lowest BCUT2D eigenvalue weighted by Crippen LogP contribution is -2.16. The van der Waals surface area contributed by atoms with Gasteiger partial charge in [0.15, 0.2) is 6.29 Å². The maximum Gasteiger partial charge on any atom is 0.176 e. The van der Waals surface area contributed by atoms with E-state index in [0.29, 0.717) is 6.54 Å². The summed E-state index contributed by atoms with van der Waals surface area (Å²) >= 11 is 0. The molecule has 2 aromatic rings. The quantitative estimate of drug-likeness (QED) is 0.583. The number of benzene rings is 2. The molecule has 0 unspecified atom stereocenters. The zero-order valence-corrected chi connectivity index (χ0v) is 13.3. The van der Waals surface area contributed by atoms with E-state index in [4.69, 9.17) is 18.9 Å². The van der Waals surface area contributed by atoms with Crippen LogP contribution < -0.4 is 9.47 Å². The number of aliphatic imine (C=N–C) groups is 1. The van der Waals surface area contributed by atoms with Gasteiger partial charge < -0.3 is 18.9 Å². The largest absolute Gasteiger partial charge is 0.496 e. The van der Waals surface area contributed by atoms with E-state index in [1.54, 1.807) is 34.7 Å².